The van der Waals surface area contributed by atoms with Gasteiger partial charge in [-0.05, 0) is 47.5 Å². The van der Waals surface area contributed by atoms with E-state index in [-0.39, 0.29) is 0 Å². The van der Waals surface area contributed by atoms with Crippen LogP contribution in [0.4, 0.5) is 17.1 Å². The molecule has 3 heteroatoms. The number of carbonyl (C=O) groups is 1. The van der Waals surface area contributed by atoms with Crippen LogP contribution in [0.3, 0.4) is 0 Å². The third-order valence-corrected chi connectivity index (χ3v) is 4.71. The van der Waals surface area contributed by atoms with Crippen LogP contribution in [0.2, 0.25) is 0 Å². The predicted molar refractivity (Wildman–Crippen MR) is 122 cm³/mol. The maximum absolute atomic E-state index is 11.6. The van der Waals surface area contributed by atoms with Crippen LogP contribution in [0.5, 0.6) is 5.75 Å². The molecule has 146 valence electrons. The topological polar surface area (TPSA) is 29.5 Å². The molecular weight excluding hydrogens is 370 g/mol. The molecule has 0 unspecified atom stereocenters. The summed E-state index contributed by atoms with van der Waals surface area (Å²) in [6, 6.07) is 36.3. The van der Waals surface area contributed by atoms with Crippen molar-refractivity contribution in [2.24, 2.45) is 0 Å². The minimum Gasteiger partial charge on any atom is -0.423 e. The lowest BCUT2D eigenvalue weighted by Gasteiger charge is -2.26. The predicted octanol–water partition coefficient (Wildman–Crippen LogP) is 6.91. The number of carbonyl (C=O) groups excluding carboxylic acids is 1. The Labute approximate surface area is 176 Å². The van der Waals surface area contributed by atoms with Gasteiger partial charge in [0, 0.05) is 29.2 Å². The van der Waals surface area contributed by atoms with Crippen LogP contribution < -0.4 is 9.64 Å². The van der Waals surface area contributed by atoms with E-state index in [1.54, 1.807) is 6.07 Å². The molecule has 0 heterocycles. The first kappa shape index (κ1) is 19.2. The molecular formula is C27H21NO2. The van der Waals surface area contributed by atoms with Crippen molar-refractivity contribution >= 4 is 23.0 Å². The van der Waals surface area contributed by atoms with Crippen molar-refractivity contribution in [1.29, 1.82) is 0 Å². The van der Waals surface area contributed by atoms with E-state index in [0.29, 0.717) is 5.75 Å². The molecule has 0 aromatic heterocycles. The molecule has 0 saturated heterocycles. The lowest BCUT2D eigenvalue weighted by Crippen LogP contribution is -2.10. The summed E-state index contributed by atoms with van der Waals surface area (Å²) in [5.41, 5.74) is 5.24. The fraction of sp³-hybridized carbons (Fsp3) is 0. The van der Waals surface area contributed by atoms with Gasteiger partial charge in [0.1, 0.15) is 5.75 Å². The third-order valence-electron chi connectivity index (χ3n) is 4.71. The Hall–Kier alpha value is -4.11. The minimum absolute atomic E-state index is 0.472. The Morgan fingerprint density at radius 2 is 1.23 bits per heavy atom. The van der Waals surface area contributed by atoms with Crippen LogP contribution in [0.25, 0.3) is 11.1 Å². The number of esters is 1. The lowest BCUT2D eigenvalue weighted by atomic mass is 10.0. The second kappa shape index (κ2) is 8.93. The Bertz CT molecular complexity index is 1140. The van der Waals surface area contributed by atoms with Crippen molar-refractivity contribution in [2.45, 2.75) is 0 Å². The molecule has 4 rings (SSSR count). The summed E-state index contributed by atoms with van der Waals surface area (Å²) in [4.78, 5) is 13.7. The average molecular weight is 391 g/mol. The van der Waals surface area contributed by atoms with Gasteiger partial charge in [-0.1, -0.05) is 73.3 Å². The Balaban J connectivity index is 1.74. The highest BCUT2D eigenvalue weighted by Crippen LogP contribution is 2.36. The van der Waals surface area contributed by atoms with Gasteiger partial charge in [-0.3, -0.25) is 0 Å². The highest BCUT2D eigenvalue weighted by atomic mass is 16.5. The smallest absolute Gasteiger partial charge is 0.335 e. The van der Waals surface area contributed by atoms with E-state index in [9.17, 15) is 4.79 Å². The molecule has 0 amide bonds. The van der Waals surface area contributed by atoms with Gasteiger partial charge in [0.2, 0.25) is 0 Å². The van der Waals surface area contributed by atoms with Crippen molar-refractivity contribution in [1.82, 2.24) is 0 Å². The number of ether oxygens (including phenoxy) is 1. The van der Waals surface area contributed by atoms with E-state index < -0.39 is 5.97 Å². The maximum Gasteiger partial charge on any atom is 0.335 e. The average Bonchev–Trinajstić information content (AvgIpc) is 2.81. The standard InChI is InChI=1S/C27H21NO2/c1-2-27(29)30-26-15-9-14-25(20-26)28(23-12-7-4-8-13-23)24-18-16-22(17-19-24)21-10-5-3-6-11-21/h2-20H,1H2. The minimum atomic E-state index is -0.481. The SMILES string of the molecule is C=CC(=O)Oc1cccc(N(c2ccccc2)c2ccc(-c3ccccc3)cc2)c1. The Morgan fingerprint density at radius 1 is 0.667 bits per heavy atom. The molecule has 0 atom stereocenters. The quantitative estimate of drug-likeness (QED) is 0.203. The largest absolute Gasteiger partial charge is 0.423 e. The summed E-state index contributed by atoms with van der Waals surface area (Å²) in [5, 5.41) is 0. The van der Waals surface area contributed by atoms with Gasteiger partial charge in [0.05, 0.1) is 0 Å². The molecule has 30 heavy (non-hydrogen) atoms. The van der Waals surface area contributed by atoms with Crippen molar-refractivity contribution < 1.29 is 9.53 Å². The summed E-state index contributed by atoms with van der Waals surface area (Å²) in [7, 11) is 0. The summed E-state index contributed by atoms with van der Waals surface area (Å²) in [5.74, 6) is -0.00939. The van der Waals surface area contributed by atoms with Gasteiger partial charge < -0.3 is 9.64 Å². The fourth-order valence-corrected chi connectivity index (χ4v) is 3.30. The van der Waals surface area contributed by atoms with E-state index >= 15 is 0 Å². The first-order valence-corrected chi connectivity index (χ1v) is 9.69. The molecule has 0 bridgehead atoms. The number of anilines is 3. The van der Waals surface area contributed by atoms with Crippen molar-refractivity contribution in [3.05, 3.63) is 122 Å². The maximum atomic E-state index is 11.6. The number of hydrogen-bond donors (Lipinski definition) is 0. The zero-order valence-electron chi connectivity index (χ0n) is 16.4. The van der Waals surface area contributed by atoms with Crippen LogP contribution in [0, 0.1) is 0 Å². The molecule has 3 nitrogen and oxygen atoms in total. The third kappa shape index (κ3) is 4.31. The Morgan fingerprint density at radius 3 is 1.90 bits per heavy atom. The second-order valence-corrected chi connectivity index (χ2v) is 6.71. The molecule has 0 N–H and O–H groups in total. The van der Waals surface area contributed by atoms with Gasteiger partial charge in [-0.2, -0.15) is 0 Å². The molecule has 4 aromatic carbocycles. The van der Waals surface area contributed by atoms with Crippen molar-refractivity contribution in [3.8, 4) is 16.9 Å². The summed E-state index contributed by atoms with van der Waals surface area (Å²) >= 11 is 0. The highest BCUT2D eigenvalue weighted by molar-refractivity contribution is 5.84. The number of nitrogens with zero attached hydrogens (tertiary/aromatic N) is 1. The van der Waals surface area contributed by atoms with Gasteiger partial charge in [0.25, 0.3) is 0 Å². The first-order chi connectivity index (χ1) is 14.7. The molecule has 0 aliphatic heterocycles. The lowest BCUT2D eigenvalue weighted by molar-refractivity contribution is -0.128. The monoisotopic (exact) mass is 391 g/mol. The van der Waals surface area contributed by atoms with Gasteiger partial charge >= 0.3 is 5.97 Å². The van der Waals surface area contributed by atoms with E-state index in [1.807, 2.05) is 66.7 Å². The summed E-state index contributed by atoms with van der Waals surface area (Å²) < 4.78 is 5.32. The number of rotatable bonds is 6. The zero-order valence-corrected chi connectivity index (χ0v) is 16.4. The molecule has 0 fully saturated rings. The van der Waals surface area contributed by atoms with E-state index in [1.165, 1.54) is 5.56 Å². The molecule has 0 spiro atoms. The molecule has 0 radical (unpaired) electrons. The van der Waals surface area contributed by atoms with Crippen LogP contribution >= 0.6 is 0 Å². The van der Waals surface area contributed by atoms with Gasteiger partial charge in [-0.25, -0.2) is 4.79 Å². The number of benzene rings is 4. The fourth-order valence-electron chi connectivity index (χ4n) is 3.30. The van der Waals surface area contributed by atoms with E-state index in [0.717, 1.165) is 28.7 Å². The van der Waals surface area contributed by atoms with Crippen molar-refractivity contribution in [2.75, 3.05) is 4.90 Å². The van der Waals surface area contributed by atoms with Crippen LogP contribution in [0.15, 0.2) is 122 Å². The summed E-state index contributed by atoms with van der Waals surface area (Å²) in [6.45, 7) is 3.46. The molecule has 4 aromatic rings. The highest BCUT2D eigenvalue weighted by Gasteiger charge is 2.13. The van der Waals surface area contributed by atoms with Crippen LogP contribution in [0.1, 0.15) is 0 Å². The first-order valence-electron chi connectivity index (χ1n) is 9.69. The normalized spacial score (nSPS) is 10.3. The zero-order chi connectivity index (χ0) is 20.8. The van der Waals surface area contributed by atoms with Crippen molar-refractivity contribution in [3.63, 3.8) is 0 Å². The second-order valence-electron chi connectivity index (χ2n) is 6.71. The summed E-state index contributed by atoms with van der Waals surface area (Å²) in [6.07, 6.45) is 1.16. The number of para-hydroxylation sites is 1. The van der Waals surface area contributed by atoms with Gasteiger partial charge in [0.15, 0.2) is 0 Å². The van der Waals surface area contributed by atoms with Crippen LogP contribution in [-0.4, -0.2) is 5.97 Å². The van der Waals surface area contributed by atoms with E-state index in [4.69, 9.17) is 4.74 Å². The molecule has 0 saturated carbocycles. The molecule has 0 aliphatic carbocycles. The van der Waals surface area contributed by atoms with E-state index in [2.05, 4.69) is 47.9 Å². The number of hydrogen-bond acceptors (Lipinski definition) is 3. The van der Waals surface area contributed by atoms with Crippen LogP contribution in [-0.2, 0) is 4.79 Å². The van der Waals surface area contributed by atoms with Gasteiger partial charge in [-0.15, -0.1) is 0 Å². The Kier molecular flexibility index (Phi) is 5.72. The molecule has 0 aliphatic rings.